The normalized spacial score (nSPS) is 12.8. The molecule has 3 heteroatoms. The predicted octanol–water partition coefficient (Wildman–Crippen LogP) is 2.42. The third-order valence-corrected chi connectivity index (χ3v) is 3.82. The zero-order valence-electron chi connectivity index (χ0n) is 7.24. The smallest absolute Gasteiger partial charge is 0.0736 e. The third-order valence-electron chi connectivity index (χ3n) is 1.41. The molecule has 12 heavy (non-hydrogen) atoms. The Hall–Kier alpha value is -0.280. The second kappa shape index (κ2) is 4.67. The lowest BCUT2D eigenvalue weighted by atomic mass is 10.2. The topological polar surface area (TPSA) is 17.1 Å². The molecule has 0 aliphatic heterocycles. The van der Waals surface area contributed by atoms with Gasteiger partial charge >= 0.3 is 0 Å². The zero-order valence-corrected chi connectivity index (χ0v) is 8.87. The summed E-state index contributed by atoms with van der Waals surface area (Å²) in [5.74, 6) is 0. The zero-order chi connectivity index (χ0) is 8.97. The largest absolute Gasteiger partial charge is 0.259 e. The van der Waals surface area contributed by atoms with Crippen molar-refractivity contribution in [3.05, 3.63) is 29.8 Å². The molecule has 1 aromatic carbocycles. The van der Waals surface area contributed by atoms with Gasteiger partial charge in [-0.25, -0.2) is 0 Å². The van der Waals surface area contributed by atoms with E-state index < -0.39 is 10.8 Å². The maximum atomic E-state index is 10.8. The monoisotopic (exact) mass is 200 g/mol. The number of rotatable bonds is 3. The molecule has 1 atom stereocenters. The molecule has 0 radical (unpaired) electrons. The highest BCUT2D eigenvalue weighted by Crippen LogP contribution is 2.18. The van der Waals surface area contributed by atoms with Crippen LogP contribution in [0.3, 0.4) is 0 Å². The van der Waals surface area contributed by atoms with Crippen molar-refractivity contribution in [2.75, 3.05) is 11.3 Å². The first-order valence-electron chi connectivity index (χ1n) is 3.68. The Balaban J connectivity index is 2.53. The minimum Gasteiger partial charge on any atom is -0.259 e. The van der Waals surface area contributed by atoms with Crippen molar-refractivity contribution in [3.8, 4) is 0 Å². The molecule has 0 heterocycles. The van der Waals surface area contributed by atoms with E-state index >= 15 is 0 Å². The van der Waals surface area contributed by atoms with Gasteiger partial charge in [0.05, 0.1) is 5.08 Å². The summed E-state index contributed by atoms with van der Waals surface area (Å²) in [6, 6.07) is 8.27. The van der Waals surface area contributed by atoms with Crippen LogP contribution in [0.4, 0.5) is 0 Å². The van der Waals surface area contributed by atoms with Gasteiger partial charge in [-0.2, -0.15) is 0 Å². The van der Waals surface area contributed by atoms with Crippen molar-refractivity contribution in [1.29, 1.82) is 0 Å². The number of aryl methyl sites for hydroxylation is 1. The minimum absolute atomic E-state index is 0.684. The Bertz CT molecular complexity index is 266. The Morgan fingerprint density at radius 3 is 2.42 bits per heavy atom. The van der Waals surface area contributed by atoms with Crippen molar-refractivity contribution >= 4 is 22.6 Å². The van der Waals surface area contributed by atoms with E-state index in [4.69, 9.17) is 0 Å². The fourth-order valence-electron chi connectivity index (χ4n) is 0.786. The average molecular weight is 200 g/mol. The first-order chi connectivity index (χ1) is 5.68. The molecular formula is C9H12OS2. The molecule has 0 saturated heterocycles. The summed E-state index contributed by atoms with van der Waals surface area (Å²) in [7, 11) is -0.708. The van der Waals surface area contributed by atoms with Crippen molar-refractivity contribution in [2.45, 2.75) is 11.8 Å². The van der Waals surface area contributed by atoms with E-state index in [9.17, 15) is 4.21 Å². The fraction of sp³-hybridized carbons (Fsp3) is 0.333. The van der Waals surface area contributed by atoms with Crippen molar-refractivity contribution < 1.29 is 4.21 Å². The van der Waals surface area contributed by atoms with Crippen LogP contribution in [-0.4, -0.2) is 15.5 Å². The van der Waals surface area contributed by atoms with Gasteiger partial charge in [0.2, 0.25) is 0 Å². The van der Waals surface area contributed by atoms with Crippen LogP contribution in [-0.2, 0) is 10.8 Å². The second-order valence-corrected chi connectivity index (χ2v) is 5.50. The molecule has 0 N–H and O–H groups in total. The van der Waals surface area contributed by atoms with Crippen LogP contribution in [0.25, 0.3) is 0 Å². The Labute approximate surface area is 80.0 Å². The summed E-state index contributed by atoms with van der Waals surface area (Å²) in [4.78, 5) is 1.19. The van der Waals surface area contributed by atoms with Crippen LogP contribution in [0.15, 0.2) is 29.2 Å². The second-order valence-electron chi connectivity index (χ2n) is 2.65. The highest BCUT2D eigenvalue weighted by Gasteiger charge is 1.94. The molecule has 0 fully saturated rings. The summed E-state index contributed by atoms with van der Waals surface area (Å²) in [5, 5.41) is 0.684. The molecule has 0 spiro atoms. The Kier molecular flexibility index (Phi) is 3.82. The van der Waals surface area contributed by atoms with Gasteiger partial charge in [-0.15, -0.1) is 11.8 Å². The lowest BCUT2D eigenvalue weighted by Crippen LogP contribution is -1.87. The van der Waals surface area contributed by atoms with E-state index in [2.05, 4.69) is 31.2 Å². The molecule has 1 unspecified atom stereocenters. The van der Waals surface area contributed by atoms with E-state index in [1.165, 1.54) is 10.5 Å². The van der Waals surface area contributed by atoms with Gasteiger partial charge in [-0.05, 0) is 19.1 Å². The molecule has 0 aliphatic rings. The average Bonchev–Trinajstić information content (AvgIpc) is 2.03. The number of hydrogen-bond acceptors (Lipinski definition) is 2. The summed E-state index contributed by atoms with van der Waals surface area (Å²) >= 11 is 1.64. The lowest BCUT2D eigenvalue weighted by molar-refractivity contribution is 0.689. The van der Waals surface area contributed by atoms with Crippen molar-refractivity contribution in [1.82, 2.24) is 0 Å². The molecule has 0 amide bonds. The van der Waals surface area contributed by atoms with Gasteiger partial charge in [0, 0.05) is 22.0 Å². The number of thioether (sulfide) groups is 1. The standard InChI is InChI=1S/C9H12OS2/c1-8-3-5-9(6-4-8)11-7-12(2)10/h3-6H,7H2,1-2H3. The molecule has 0 saturated carbocycles. The molecule has 0 aromatic heterocycles. The molecular weight excluding hydrogens is 188 g/mol. The van der Waals surface area contributed by atoms with Crippen LogP contribution in [0, 0.1) is 6.92 Å². The molecule has 66 valence electrons. The molecule has 1 aromatic rings. The summed E-state index contributed by atoms with van der Waals surface area (Å²) < 4.78 is 10.8. The lowest BCUT2D eigenvalue weighted by Gasteiger charge is -1.98. The van der Waals surface area contributed by atoms with Crippen molar-refractivity contribution in [2.24, 2.45) is 0 Å². The van der Waals surface area contributed by atoms with Crippen LogP contribution in [0.5, 0.6) is 0 Å². The predicted molar refractivity (Wildman–Crippen MR) is 56.0 cm³/mol. The first-order valence-corrected chi connectivity index (χ1v) is 6.39. The maximum absolute atomic E-state index is 10.8. The van der Waals surface area contributed by atoms with Crippen LogP contribution in [0.2, 0.25) is 0 Å². The number of hydrogen-bond donors (Lipinski definition) is 0. The molecule has 0 bridgehead atoms. The van der Waals surface area contributed by atoms with Gasteiger partial charge in [0.25, 0.3) is 0 Å². The molecule has 1 nitrogen and oxygen atoms in total. The minimum atomic E-state index is -0.708. The fourth-order valence-corrected chi connectivity index (χ4v) is 2.32. The van der Waals surface area contributed by atoms with Crippen LogP contribution >= 0.6 is 11.8 Å². The van der Waals surface area contributed by atoms with E-state index in [0.29, 0.717) is 5.08 Å². The molecule has 0 aliphatic carbocycles. The maximum Gasteiger partial charge on any atom is 0.0736 e. The van der Waals surface area contributed by atoms with E-state index in [0.717, 1.165) is 0 Å². The van der Waals surface area contributed by atoms with Gasteiger partial charge < -0.3 is 0 Å². The summed E-state index contributed by atoms with van der Waals surface area (Å²) in [6.45, 7) is 2.06. The molecule has 1 rings (SSSR count). The highest BCUT2D eigenvalue weighted by molar-refractivity contribution is 8.10. The number of benzene rings is 1. The van der Waals surface area contributed by atoms with Gasteiger partial charge in [0.1, 0.15) is 0 Å². The highest BCUT2D eigenvalue weighted by atomic mass is 32.2. The van der Waals surface area contributed by atoms with Gasteiger partial charge in [0.15, 0.2) is 0 Å². The van der Waals surface area contributed by atoms with Crippen LogP contribution < -0.4 is 0 Å². The third kappa shape index (κ3) is 3.41. The van der Waals surface area contributed by atoms with E-state index in [1.54, 1.807) is 18.0 Å². The van der Waals surface area contributed by atoms with Crippen LogP contribution in [0.1, 0.15) is 5.56 Å². The summed E-state index contributed by atoms with van der Waals surface area (Å²) in [6.07, 6.45) is 1.72. The quantitative estimate of drug-likeness (QED) is 0.697. The first kappa shape index (κ1) is 9.81. The Morgan fingerprint density at radius 1 is 1.33 bits per heavy atom. The van der Waals surface area contributed by atoms with Gasteiger partial charge in [-0.1, -0.05) is 17.7 Å². The Morgan fingerprint density at radius 2 is 1.92 bits per heavy atom. The summed E-state index contributed by atoms with van der Waals surface area (Å²) in [5.41, 5.74) is 1.26. The van der Waals surface area contributed by atoms with E-state index in [-0.39, 0.29) is 0 Å². The van der Waals surface area contributed by atoms with Crippen molar-refractivity contribution in [3.63, 3.8) is 0 Å². The van der Waals surface area contributed by atoms with E-state index in [1.807, 2.05) is 0 Å². The van der Waals surface area contributed by atoms with Gasteiger partial charge in [-0.3, -0.25) is 4.21 Å². The SMILES string of the molecule is Cc1ccc(SCS(C)=O)cc1.